The minimum absolute atomic E-state index is 0.0197. The topological polar surface area (TPSA) is 26.3 Å². The molecule has 0 amide bonds. The summed E-state index contributed by atoms with van der Waals surface area (Å²) in [7, 11) is 0. The van der Waals surface area contributed by atoms with Gasteiger partial charge in [-0.2, -0.15) is 0 Å². The van der Waals surface area contributed by atoms with Crippen molar-refractivity contribution in [3.05, 3.63) is 0 Å². The molecule has 1 saturated carbocycles. The summed E-state index contributed by atoms with van der Waals surface area (Å²) in [5.74, 6) is 0.518. The SMILES string of the molecule is CCC(C)C(=O)OC1(C)CCCCC1C. The molecule has 0 aliphatic heterocycles. The Kier molecular flexibility index (Phi) is 4.18. The van der Waals surface area contributed by atoms with Crippen LogP contribution in [-0.4, -0.2) is 11.6 Å². The molecular weight excluding hydrogens is 188 g/mol. The molecule has 0 aromatic rings. The normalized spacial score (nSPS) is 33.5. The molecule has 1 aliphatic carbocycles. The maximum absolute atomic E-state index is 11.8. The first kappa shape index (κ1) is 12.5. The Bertz CT molecular complexity index is 225. The summed E-state index contributed by atoms with van der Waals surface area (Å²) < 4.78 is 5.70. The van der Waals surface area contributed by atoms with Gasteiger partial charge in [0, 0.05) is 0 Å². The van der Waals surface area contributed by atoms with Gasteiger partial charge in [-0.25, -0.2) is 0 Å². The summed E-state index contributed by atoms with van der Waals surface area (Å²) in [6.07, 6.45) is 5.54. The number of esters is 1. The van der Waals surface area contributed by atoms with Crippen molar-refractivity contribution in [3.63, 3.8) is 0 Å². The maximum Gasteiger partial charge on any atom is 0.309 e. The highest BCUT2D eigenvalue weighted by molar-refractivity contribution is 5.72. The highest BCUT2D eigenvalue weighted by Gasteiger charge is 2.37. The zero-order valence-electron chi connectivity index (χ0n) is 10.5. The van der Waals surface area contributed by atoms with Crippen LogP contribution in [0.25, 0.3) is 0 Å². The van der Waals surface area contributed by atoms with Gasteiger partial charge in [0.1, 0.15) is 5.60 Å². The van der Waals surface area contributed by atoms with Gasteiger partial charge in [0.15, 0.2) is 0 Å². The second-order valence-electron chi connectivity index (χ2n) is 5.19. The Morgan fingerprint density at radius 2 is 2.20 bits per heavy atom. The van der Waals surface area contributed by atoms with Crippen LogP contribution >= 0.6 is 0 Å². The predicted molar refractivity (Wildman–Crippen MR) is 61.6 cm³/mol. The van der Waals surface area contributed by atoms with E-state index in [-0.39, 0.29) is 17.5 Å². The van der Waals surface area contributed by atoms with Crippen molar-refractivity contribution in [2.75, 3.05) is 0 Å². The summed E-state index contributed by atoms with van der Waals surface area (Å²) in [4.78, 5) is 11.8. The van der Waals surface area contributed by atoms with Crippen LogP contribution in [0.3, 0.4) is 0 Å². The van der Waals surface area contributed by atoms with Crippen LogP contribution in [0.1, 0.15) is 59.8 Å². The number of ether oxygens (including phenoxy) is 1. The Labute approximate surface area is 93.4 Å². The van der Waals surface area contributed by atoms with E-state index in [2.05, 4.69) is 13.8 Å². The molecule has 3 unspecified atom stereocenters. The quantitative estimate of drug-likeness (QED) is 0.669. The fourth-order valence-corrected chi connectivity index (χ4v) is 2.13. The lowest BCUT2D eigenvalue weighted by molar-refractivity contribution is -0.171. The zero-order valence-corrected chi connectivity index (χ0v) is 10.5. The summed E-state index contributed by atoms with van der Waals surface area (Å²) in [5, 5.41) is 0. The average Bonchev–Trinajstić information content (AvgIpc) is 2.21. The third-order valence-corrected chi connectivity index (χ3v) is 3.95. The lowest BCUT2D eigenvalue weighted by Gasteiger charge is -2.39. The van der Waals surface area contributed by atoms with Crippen molar-refractivity contribution in [1.82, 2.24) is 0 Å². The van der Waals surface area contributed by atoms with E-state index in [4.69, 9.17) is 4.74 Å². The zero-order chi connectivity index (χ0) is 11.5. The van der Waals surface area contributed by atoms with Crippen molar-refractivity contribution in [3.8, 4) is 0 Å². The van der Waals surface area contributed by atoms with Gasteiger partial charge < -0.3 is 4.74 Å². The lowest BCUT2D eigenvalue weighted by Crippen LogP contribution is -2.41. The molecule has 0 saturated heterocycles. The van der Waals surface area contributed by atoms with E-state index in [1.165, 1.54) is 19.3 Å². The molecule has 88 valence electrons. The van der Waals surface area contributed by atoms with Gasteiger partial charge in [-0.05, 0) is 38.5 Å². The molecule has 2 nitrogen and oxygen atoms in total. The smallest absolute Gasteiger partial charge is 0.309 e. The van der Waals surface area contributed by atoms with Crippen LogP contribution in [0.2, 0.25) is 0 Å². The lowest BCUT2D eigenvalue weighted by atomic mass is 9.77. The third kappa shape index (κ3) is 2.96. The Hall–Kier alpha value is -0.530. The molecule has 0 heterocycles. The Balaban J connectivity index is 2.58. The minimum atomic E-state index is -0.210. The monoisotopic (exact) mass is 212 g/mol. The number of hydrogen-bond donors (Lipinski definition) is 0. The average molecular weight is 212 g/mol. The molecule has 0 N–H and O–H groups in total. The summed E-state index contributed by atoms with van der Waals surface area (Å²) >= 11 is 0. The van der Waals surface area contributed by atoms with Crippen LogP contribution in [0.4, 0.5) is 0 Å². The van der Waals surface area contributed by atoms with Gasteiger partial charge in [0.25, 0.3) is 0 Å². The Morgan fingerprint density at radius 3 is 2.73 bits per heavy atom. The van der Waals surface area contributed by atoms with Crippen molar-refractivity contribution >= 4 is 5.97 Å². The molecule has 15 heavy (non-hydrogen) atoms. The highest BCUT2D eigenvalue weighted by Crippen LogP contribution is 2.36. The third-order valence-electron chi connectivity index (χ3n) is 3.95. The number of carbonyl (C=O) groups excluding carboxylic acids is 1. The van der Waals surface area contributed by atoms with E-state index in [1.807, 2.05) is 13.8 Å². The van der Waals surface area contributed by atoms with Gasteiger partial charge in [-0.3, -0.25) is 4.79 Å². The molecule has 2 heteroatoms. The summed E-state index contributed by atoms with van der Waals surface area (Å²) in [6, 6.07) is 0. The molecule has 1 rings (SSSR count). The van der Waals surface area contributed by atoms with E-state index in [1.54, 1.807) is 0 Å². The van der Waals surface area contributed by atoms with E-state index in [0.29, 0.717) is 5.92 Å². The molecule has 0 aromatic carbocycles. The fraction of sp³-hybridized carbons (Fsp3) is 0.923. The van der Waals surface area contributed by atoms with Gasteiger partial charge >= 0.3 is 5.97 Å². The van der Waals surface area contributed by atoms with Crippen LogP contribution < -0.4 is 0 Å². The second kappa shape index (κ2) is 5.00. The van der Waals surface area contributed by atoms with Crippen molar-refractivity contribution in [2.45, 2.75) is 65.4 Å². The van der Waals surface area contributed by atoms with Crippen LogP contribution in [0.15, 0.2) is 0 Å². The number of rotatable bonds is 3. The molecule has 0 aromatic heterocycles. The van der Waals surface area contributed by atoms with Gasteiger partial charge in [-0.1, -0.05) is 27.2 Å². The van der Waals surface area contributed by atoms with Crippen LogP contribution in [0.5, 0.6) is 0 Å². The first-order valence-electron chi connectivity index (χ1n) is 6.22. The molecule has 0 radical (unpaired) electrons. The fourth-order valence-electron chi connectivity index (χ4n) is 2.13. The first-order chi connectivity index (χ1) is 6.99. The molecule has 1 aliphatic rings. The van der Waals surface area contributed by atoms with E-state index >= 15 is 0 Å². The maximum atomic E-state index is 11.8. The van der Waals surface area contributed by atoms with Gasteiger partial charge in [-0.15, -0.1) is 0 Å². The predicted octanol–water partition coefficient (Wildman–Crippen LogP) is 3.54. The highest BCUT2D eigenvalue weighted by atomic mass is 16.6. The van der Waals surface area contributed by atoms with Gasteiger partial charge in [0.2, 0.25) is 0 Å². The van der Waals surface area contributed by atoms with Crippen LogP contribution in [-0.2, 0) is 9.53 Å². The summed E-state index contributed by atoms with van der Waals surface area (Å²) in [6.45, 7) is 8.26. The number of carbonyl (C=O) groups is 1. The number of hydrogen-bond acceptors (Lipinski definition) is 2. The molecule has 0 spiro atoms. The summed E-state index contributed by atoms with van der Waals surface area (Å²) in [5.41, 5.74) is -0.210. The Morgan fingerprint density at radius 1 is 1.53 bits per heavy atom. The van der Waals surface area contributed by atoms with Crippen molar-refractivity contribution in [1.29, 1.82) is 0 Å². The van der Waals surface area contributed by atoms with Crippen LogP contribution in [0, 0.1) is 11.8 Å². The first-order valence-corrected chi connectivity index (χ1v) is 6.22. The standard InChI is InChI=1S/C13H24O2/c1-5-10(2)12(14)15-13(4)9-7-6-8-11(13)3/h10-11H,5-9H2,1-4H3. The molecular formula is C13H24O2. The van der Waals surface area contributed by atoms with E-state index < -0.39 is 0 Å². The molecule has 0 bridgehead atoms. The molecule has 1 fully saturated rings. The van der Waals surface area contributed by atoms with Crippen molar-refractivity contribution < 1.29 is 9.53 Å². The van der Waals surface area contributed by atoms with E-state index in [9.17, 15) is 4.79 Å². The van der Waals surface area contributed by atoms with Crippen molar-refractivity contribution in [2.24, 2.45) is 11.8 Å². The second-order valence-corrected chi connectivity index (χ2v) is 5.19. The van der Waals surface area contributed by atoms with Gasteiger partial charge in [0.05, 0.1) is 5.92 Å². The van der Waals surface area contributed by atoms with E-state index in [0.717, 1.165) is 12.8 Å². The molecule has 3 atom stereocenters. The minimum Gasteiger partial charge on any atom is -0.459 e. The largest absolute Gasteiger partial charge is 0.459 e.